The van der Waals surface area contributed by atoms with Gasteiger partial charge >= 0.3 is 0 Å². The summed E-state index contributed by atoms with van der Waals surface area (Å²) in [6.45, 7) is 1.55. The molecular formula is C9H13NO3. The Hall–Kier alpha value is -0.900. The number of carbonyl (C=O) groups is 2. The molecule has 0 aromatic rings. The van der Waals surface area contributed by atoms with Crippen LogP contribution in [0.4, 0.5) is 0 Å². The van der Waals surface area contributed by atoms with Gasteiger partial charge in [0.1, 0.15) is 0 Å². The molecule has 0 radical (unpaired) electrons. The number of rotatable bonds is 2. The fourth-order valence-corrected chi connectivity index (χ4v) is 2.07. The third kappa shape index (κ3) is 1.01. The zero-order valence-corrected chi connectivity index (χ0v) is 7.56. The van der Waals surface area contributed by atoms with Gasteiger partial charge in [0, 0.05) is 0 Å². The molecule has 13 heavy (non-hydrogen) atoms. The van der Waals surface area contributed by atoms with E-state index in [-0.39, 0.29) is 36.3 Å². The Morgan fingerprint density at radius 3 is 2.15 bits per heavy atom. The third-order valence-corrected chi connectivity index (χ3v) is 3.09. The summed E-state index contributed by atoms with van der Waals surface area (Å²) in [7, 11) is 0. The molecule has 4 heteroatoms. The molecule has 0 bridgehead atoms. The molecule has 1 heterocycles. The number of hydrogen-bond donors (Lipinski definition) is 1. The summed E-state index contributed by atoms with van der Waals surface area (Å²) >= 11 is 0. The molecule has 0 aromatic heterocycles. The summed E-state index contributed by atoms with van der Waals surface area (Å²) < 4.78 is 0. The van der Waals surface area contributed by atoms with Crippen molar-refractivity contribution in [2.75, 3.05) is 6.61 Å². The highest BCUT2D eigenvalue weighted by atomic mass is 16.3. The first-order chi connectivity index (χ1) is 6.16. The lowest BCUT2D eigenvalue weighted by molar-refractivity contribution is -0.142. The van der Waals surface area contributed by atoms with Crippen LogP contribution < -0.4 is 0 Å². The van der Waals surface area contributed by atoms with Crippen molar-refractivity contribution < 1.29 is 14.7 Å². The van der Waals surface area contributed by atoms with Crippen LogP contribution in [0, 0.1) is 11.8 Å². The molecular weight excluding hydrogens is 170 g/mol. The van der Waals surface area contributed by atoms with E-state index in [1.165, 1.54) is 4.90 Å². The van der Waals surface area contributed by atoms with Crippen molar-refractivity contribution in [2.24, 2.45) is 11.8 Å². The van der Waals surface area contributed by atoms with Crippen molar-refractivity contribution in [3.05, 3.63) is 0 Å². The molecule has 2 amide bonds. The summed E-state index contributed by atoms with van der Waals surface area (Å²) in [5.74, 6) is -0.298. The first-order valence-corrected chi connectivity index (χ1v) is 4.64. The lowest BCUT2D eigenvalue weighted by Crippen LogP contribution is -2.40. The Kier molecular flexibility index (Phi) is 1.87. The van der Waals surface area contributed by atoms with E-state index in [4.69, 9.17) is 5.11 Å². The molecule has 2 fully saturated rings. The molecule has 2 rings (SSSR count). The number of carbonyl (C=O) groups excluding carboxylic acids is 2. The maximum atomic E-state index is 11.6. The van der Waals surface area contributed by atoms with Gasteiger partial charge in [-0.05, 0) is 19.8 Å². The van der Waals surface area contributed by atoms with E-state index in [1.54, 1.807) is 6.92 Å². The minimum absolute atomic E-state index is 0.0681. The first-order valence-electron chi connectivity index (χ1n) is 4.64. The third-order valence-electron chi connectivity index (χ3n) is 3.09. The van der Waals surface area contributed by atoms with Gasteiger partial charge in [-0.2, -0.15) is 0 Å². The normalized spacial score (nSPS) is 34.5. The Morgan fingerprint density at radius 2 is 1.85 bits per heavy atom. The fourth-order valence-electron chi connectivity index (χ4n) is 2.07. The van der Waals surface area contributed by atoms with Gasteiger partial charge in [0.15, 0.2) is 0 Å². The van der Waals surface area contributed by atoms with Crippen LogP contribution in [0.2, 0.25) is 0 Å². The first kappa shape index (κ1) is 8.69. The quantitative estimate of drug-likeness (QED) is 0.601. The van der Waals surface area contributed by atoms with Crippen LogP contribution in [0.15, 0.2) is 0 Å². The van der Waals surface area contributed by atoms with Crippen LogP contribution in [0.1, 0.15) is 19.8 Å². The number of imide groups is 1. The topological polar surface area (TPSA) is 57.6 Å². The van der Waals surface area contributed by atoms with Gasteiger partial charge in [0.25, 0.3) is 0 Å². The lowest BCUT2D eigenvalue weighted by Gasteiger charge is -2.24. The Balaban J connectivity index is 2.19. The number of hydrogen-bond acceptors (Lipinski definition) is 3. The molecule has 3 atom stereocenters. The van der Waals surface area contributed by atoms with Crippen LogP contribution in [-0.2, 0) is 9.59 Å². The monoisotopic (exact) mass is 183 g/mol. The van der Waals surface area contributed by atoms with E-state index in [9.17, 15) is 9.59 Å². The van der Waals surface area contributed by atoms with E-state index >= 15 is 0 Å². The second kappa shape index (κ2) is 2.80. The average molecular weight is 183 g/mol. The van der Waals surface area contributed by atoms with Crippen molar-refractivity contribution in [3.8, 4) is 0 Å². The predicted molar refractivity (Wildman–Crippen MR) is 44.6 cm³/mol. The predicted octanol–water partition coefficient (Wildman–Crippen LogP) is -0.238. The van der Waals surface area contributed by atoms with Crippen LogP contribution >= 0.6 is 0 Å². The number of amides is 2. The van der Waals surface area contributed by atoms with Gasteiger partial charge in [-0.25, -0.2) is 0 Å². The second-order valence-corrected chi connectivity index (χ2v) is 3.87. The number of aliphatic hydroxyl groups is 1. The summed E-state index contributed by atoms with van der Waals surface area (Å²) in [6.07, 6.45) is 1.67. The van der Waals surface area contributed by atoms with E-state index in [0.717, 1.165) is 12.8 Å². The highest BCUT2D eigenvalue weighted by Crippen LogP contribution is 2.42. The summed E-state index contributed by atoms with van der Waals surface area (Å²) in [6, 6.07) is -0.356. The number of likely N-dealkylation sites (tertiary alicyclic amines) is 1. The Morgan fingerprint density at radius 1 is 1.38 bits per heavy atom. The SMILES string of the molecule is C[C@@H](CO)N1C(=O)[C@H]2CC[C@H]2C1=O. The van der Waals surface area contributed by atoms with E-state index < -0.39 is 0 Å². The zero-order valence-electron chi connectivity index (χ0n) is 7.56. The number of fused-ring (bicyclic) bond motifs is 1. The zero-order chi connectivity index (χ0) is 9.59. The molecule has 0 aromatic carbocycles. The van der Waals surface area contributed by atoms with Gasteiger partial charge in [-0.3, -0.25) is 14.5 Å². The van der Waals surface area contributed by atoms with Gasteiger partial charge in [0.05, 0.1) is 24.5 Å². The number of nitrogens with zero attached hydrogens (tertiary/aromatic N) is 1. The van der Waals surface area contributed by atoms with E-state index in [0.29, 0.717) is 0 Å². The summed E-state index contributed by atoms with van der Waals surface area (Å²) in [4.78, 5) is 24.4. The lowest BCUT2D eigenvalue weighted by atomic mass is 9.76. The van der Waals surface area contributed by atoms with Crippen molar-refractivity contribution in [2.45, 2.75) is 25.8 Å². The van der Waals surface area contributed by atoms with Crippen molar-refractivity contribution in [1.82, 2.24) is 4.90 Å². The molecule has 72 valence electrons. The highest BCUT2D eigenvalue weighted by molar-refractivity contribution is 6.06. The number of aliphatic hydroxyl groups excluding tert-OH is 1. The second-order valence-electron chi connectivity index (χ2n) is 3.87. The largest absolute Gasteiger partial charge is 0.394 e. The Labute approximate surface area is 76.5 Å². The fraction of sp³-hybridized carbons (Fsp3) is 0.778. The average Bonchev–Trinajstić information content (AvgIpc) is 2.16. The van der Waals surface area contributed by atoms with Crippen molar-refractivity contribution in [3.63, 3.8) is 0 Å². The van der Waals surface area contributed by atoms with Crippen molar-refractivity contribution in [1.29, 1.82) is 0 Å². The smallest absolute Gasteiger partial charge is 0.233 e. The molecule has 1 N–H and O–H groups in total. The van der Waals surface area contributed by atoms with Gasteiger partial charge in [0.2, 0.25) is 11.8 Å². The van der Waals surface area contributed by atoms with E-state index in [2.05, 4.69) is 0 Å². The molecule has 1 aliphatic carbocycles. The minimum Gasteiger partial charge on any atom is -0.394 e. The maximum absolute atomic E-state index is 11.6. The summed E-state index contributed by atoms with van der Waals surface area (Å²) in [5.41, 5.74) is 0. The molecule has 0 spiro atoms. The summed E-state index contributed by atoms with van der Waals surface area (Å²) in [5, 5.41) is 8.88. The molecule has 2 aliphatic rings. The molecule has 0 unspecified atom stereocenters. The van der Waals surface area contributed by atoms with Crippen LogP contribution in [0.5, 0.6) is 0 Å². The molecule has 1 saturated carbocycles. The molecule has 1 aliphatic heterocycles. The van der Waals surface area contributed by atoms with Gasteiger partial charge in [-0.1, -0.05) is 0 Å². The van der Waals surface area contributed by atoms with E-state index in [1.807, 2.05) is 0 Å². The van der Waals surface area contributed by atoms with Crippen LogP contribution in [0.3, 0.4) is 0 Å². The standard InChI is InChI=1S/C9H13NO3/c1-5(4-11)10-8(12)6-2-3-7(6)9(10)13/h5-7,11H,2-4H2,1H3/t5-,6-,7+/m0/s1. The minimum atomic E-state index is -0.356. The molecule has 4 nitrogen and oxygen atoms in total. The van der Waals surface area contributed by atoms with Crippen molar-refractivity contribution >= 4 is 11.8 Å². The van der Waals surface area contributed by atoms with Crippen LogP contribution in [0.25, 0.3) is 0 Å². The Bertz CT molecular complexity index is 242. The molecule has 1 saturated heterocycles. The highest BCUT2D eigenvalue weighted by Gasteiger charge is 2.53. The van der Waals surface area contributed by atoms with Gasteiger partial charge in [-0.15, -0.1) is 0 Å². The van der Waals surface area contributed by atoms with Gasteiger partial charge < -0.3 is 5.11 Å². The van der Waals surface area contributed by atoms with Crippen LogP contribution in [-0.4, -0.2) is 34.5 Å². The maximum Gasteiger partial charge on any atom is 0.233 e.